The molecule has 7 heteroatoms. The lowest BCUT2D eigenvalue weighted by atomic mass is 9.76. The van der Waals surface area contributed by atoms with Crippen molar-refractivity contribution >= 4 is 13.5 Å². The molecule has 1 aliphatic rings. The number of hydrogen-bond donors (Lipinski definition) is 3. The molecule has 21 heavy (non-hydrogen) atoms. The summed E-state index contributed by atoms with van der Waals surface area (Å²) < 4.78 is 11.3. The fourth-order valence-electron chi connectivity index (χ4n) is 2.83. The third kappa shape index (κ3) is 5.28. The molecule has 3 atom stereocenters. The molecule has 6 nitrogen and oxygen atoms in total. The number of hydrogen-bond acceptors (Lipinski definition) is 3. The van der Waals surface area contributed by atoms with Crippen LogP contribution in [0.3, 0.4) is 0 Å². The van der Waals surface area contributed by atoms with Crippen LogP contribution in [0.4, 0.5) is 0 Å². The van der Waals surface area contributed by atoms with Crippen molar-refractivity contribution in [3.8, 4) is 6.07 Å². The molecule has 0 spiro atoms. The van der Waals surface area contributed by atoms with E-state index in [0.29, 0.717) is 12.3 Å². The maximum absolute atomic E-state index is 11.4. The van der Waals surface area contributed by atoms with Crippen LogP contribution in [0.5, 0.6) is 0 Å². The maximum Gasteiger partial charge on any atom is 0.351 e. The quantitative estimate of drug-likeness (QED) is 0.673. The fraction of sp³-hybridized carbons (Fsp3) is 0.714. The molecule has 118 valence electrons. The first-order valence-electron chi connectivity index (χ1n) is 7.07. The zero-order chi connectivity index (χ0) is 16.2. The van der Waals surface area contributed by atoms with Gasteiger partial charge in [0, 0.05) is 18.3 Å². The fourth-order valence-corrected chi connectivity index (χ4v) is 3.61. The Kier molecular flexibility index (Phi) is 6.15. The van der Waals surface area contributed by atoms with E-state index in [0.717, 1.165) is 6.42 Å². The summed E-state index contributed by atoms with van der Waals surface area (Å²) in [6.45, 7) is 5.51. The van der Waals surface area contributed by atoms with Crippen molar-refractivity contribution in [2.45, 2.75) is 46.1 Å². The minimum absolute atomic E-state index is 0.0384. The number of carbonyl (C=O) groups excluding carboxylic acids is 1. The highest BCUT2D eigenvalue weighted by Crippen LogP contribution is 2.51. The van der Waals surface area contributed by atoms with Crippen LogP contribution in [0.2, 0.25) is 0 Å². The molecule has 0 aromatic rings. The Labute approximate surface area is 125 Å². The summed E-state index contributed by atoms with van der Waals surface area (Å²) in [5, 5.41) is 12.2. The van der Waals surface area contributed by atoms with Crippen LogP contribution in [-0.4, -0.2) is 21.7 Å². The summed E-state index contributed by atoms with van der Waals surface area (Å²) in [6.07, 6.45) is 2.74. The van der Waals surface area contributed by atoms with Crippen molar-refractivity contribution in [1.82, 2.24) is 5.32 Å². The Hall–Kier alpha value is -1.15. The number of amides is 1. The lowest BCUT2D eigenvalue weighted by Crippen LogP contribution is -2.43. The molecule has 0 bridgehead atoms. The molecule has 0 aliphatic heterocycles. The van der Waals surface area contributed by atoms with Gasteiger partial charge in [-0.25, -0.2) is 0 Å². The molecule has 0 aromatic heterocycles. The van der Waals surface area contributed by atoms with Gasteiger partial charge in [0.1, 0.15) is 0 Å². The highest BCUT2D eigenvalue weighted by Gasteiger charge is 2.37. The van der Waals surface area contributed by atoms with Crippen molar-refractivity contribution in [1.29, 1.82) is 5.26 Å². The topological polar surface area (TPSA) is 110 Å². The van der Waals surface area contributed by atoms with E-state index in [1.54, 1.807) is 0 Å². The van der Waals surface area contributed by atoms with Gasteiger partial charge in [0.25, 0.3) is 0 Å². The van der Waals surface area contributed by atoms with Gasteiger partial charge in [-0.15, -0.1) is 0 Å². The minimum atomic E-state index is -4.28. The summed E-state index contributed by atoms with van der Waals surface area (Å²) in [4.78, 5) is 29.8. The zero-order valence-electron chi connectivity index (χ0n) is 12.6. The largest absolute Gasteiger partial charge is 0.353 e. The van der Waals surface area contributed by atoms with Crippen molar-refractivity contribution in [3.05, 3.63) is 11.4 Å². The van der Waals surface area contributed by atoms with Crippen LogP contribution in [0.1, 0.15) is 40.0 Å². The molecule has 1 amide bonds. The number of nitriles is 1. The summed E-state index contributed by atoms with van der Waals surface area (Å²) in [6, 6.07) is 2.00. The van der Waals surface area contributed by atoms with Gasteiger partial charge in [-0.05, 0) is 31.1 Å². The molecular formula is C14H23N2O4P. The van der Waals surface area contributed by atoms with E-state index in [4.69, 9.17) is 0 Å². The Morgan fingerprint density at radius 2 is 2.19 bits per heavy atom. The zero-order valence-corrected chi connectivity index (χ0v) is 13.5. The van der Waals surface area contributed by atoms with Crippen LogP contribution in [0.15, 0.2) is 11.4 Å². The molecule has 1 rings (SSSR count). The first kappa shape index (κ1) is 17.9. The molecular weight excluding hydrogens is 291 g/mol. The summed E-state index contributed by atoms with van der Waals surface area (Å²) in [7, 11) is -4.28. The normalized spacial score (nSPS) is 24.1. The van der Waals surface area contributed by atoms with Gasteiger partial charge >= 0.3 is 7.60 Å². The predicted molar refractivity (Wildman–Crippen MR) is 79.0 cm³/mol. The van der Waals surface area contributed by atoms with Crippen LogP contribution in [0, 0.1) is 29.1 Å². The average Bonchev–Trinajstić information content (AvgIpc) is 2.35. The first-order chi connectivity index (χ1) is 9.65. The Morgan fingerprint density at radius 3 is 2.62 bits per heavy atom. The standard InChI is InChI=1S/C14H23N2O4P/c1-9(2)6-14(16-10(3)17)13-5-4-12(21(18,19)20)7-11(13)8-15/h4,9,11,13-14H,5-7H2,1-3H3,(H,16,17)(H2,18,19,20)/t11-,13+,14+/m1/s1. The van der Waals surface area contributed by atoms with E-state index in [-0.39, 0.29) is 29.6 Å². The van der Waals surface area contributed by atoms with Crippen molar-refractivity contribution in [2.24, 2.45) is 17.8 Å². The van der Waals surface area contributed by atoms with Gasteiger partial charge in [-0.3, -0.25) is 9.36 Å². The summed E-state index contributed by atoms with van der Waals surface area (Å²) >= 11 is 0. The molecule has 0 aromatic carbocycles. The predicted octanol–water partition coefficient (Wildman–Crippen LogP) is 2.15. The molecule has 0 saturated heterocycles. The second-order valence-electron chi connectivity index (χ2n) is 6.02. The number of nitrogens with zero attached hydrogens (tertiary/aromatic N) is 1. The smallest absolute Gasteiger partial charge is 0.351 e. The van der Waals surface area contributed by atoms with E-state index in [1.165, 1.54) is 13.0 Å². The van der Waals surface area contributed by atoms with Crippen LogP contribution >= 0.6 is 7.60 Å². The second kappa shape index (κ2) is 7.22. The van der Waals surface area contributed by atoms with E-state index < -0.39 is 13.5 Å². The van der Waals surface area contributed by atoms with Gasteiger partial charge in [0.15, 0.2) is 0 Å². The first-order valence-corrected chi connectivity index (χ1v) is 8.68. The van der Waals surface area contributed by atoms with E-state index >= 15 is 0 Å². The number of carbonyl (C=O) groups is 1. The third-order valence-electron chi connectivity index (χ3n) is 3.74. The minimum Gasteiger partial charge on any atom is -0.353 e. The summed E-state index contributed by atoms with van der Waals surface area (Å²) in [5.41, 5.74) is 0. The van der Waals surface area contributed by atoms with Crippen molar-refractivity contribution in [3.63, 3.8) is 0 Å². The Balaban J connectivity index is 2.98. The van der Waals surface area contributed by atoms with Crippen molar-refractivity contribution in [2.75, 3.05) is 0 Å². The lowest BCUT2D eigenvalue weighted by molar-refractivity contribution is -0.120. The number of rotatable bonds is 5. The van der Waals surface area contributed by atoms with E-state index in [9.17, 15) is 24.4 Å². The van der Waals surface area contributed by atoms with Crippen LogP contribution in [-0.2, 0) is 9.36 Å². The lowest BCUT2D eigenvalue weighted by Gasteiger charge is -2.34. The number of nitrogens with one attached hydrogen (secondary N) is 1. The highest BCUT2D eigenvalue weighted by molar-refractivity contribution is 7.56. The average molecular weight is 314 g/mol. The third-order valence-corrected chi connectivity index (χ3v) is 4.86. The van der Waals surface area contributed by atoms with Crippen LogP contribution in [0.25, 0.3) is 0 Å². The monoisotopic (exact) mass is 314 g/mol. The van der Waals surface area contributed by atoms with Gasteiger partial charge in [0.2, 0.25) is 5.91 Å². The Morgan fingerprint density at radius 1 is 1.57 bits per heavy atom. The molecule has 0 radical (unpaired) electrons. The van der Waals surface area contributed by atoms with Crippen molar-refractivity contribution < 1.29 is 19.1 Å². The van der Waals surface area contributed by atoms with Gasteiger partial charge in [-0.1, -0.05) is 19.9 Å². The number of allylic oxidation sites excluding steroid dienone is 2. The molecule has 1 aliphatic carbocycles. The van der Waals surface area contributed by atoms with E-state index in [2.05, 4.69) is 11.4 Å². The van der Waals surface area contributed by atoms with Crippen LogP contribution < -0.4 is 5.32 Å². The molecule has 0 fully saturated rings. The van der Waals surface area contributed by atoms with Gasteiger partial charge in [-0.2, -0.15) is 5.26 Å². The highest BCUT2D eigenvalue weighted by atomic mass is 31.2. The summed E-state index contributed by atoms with van der Waals surface area (Å²) in [5.74, 6) is -0.403. The van der Waals surface area contributed by atoms with E-state index in [1.807, 2.05) is 13.8 Å². The molecule has 0 heterocycles. The molecule has 3 N–H and O–H groups in total. The molecule has 0 unspecified atom stereocenters. The van der Waals surface area contributed by atoms with Gasteiger partial charge < -0.3 is 15.1 Å². The maximum atomic E-state index is 11.4. The Bertz CT molecular complexity index is 504. The SMILES string of the molecule is CC(=O)N[C@@H](CC(C)C)[C@H]1CC=C(P(=O)(O)O)C[C@@H]1C#N. The molecule has 0 saturated carbocycles. The second-order valence-corrected chi connectivity index (χ2v) is 7.68. The van der Waals surface area contributed by atoms with Gasteiger partial charge in [0.05, 0.1) is 12.0 Å².